The fraction of sp³-hybridized carbons (Fsp3) is 0.0526. The van der Waals surface area contributed by atoms with E-state index < -0.39 is 0 Å². The maximum Gasteiger partial charge on any atom is 0.139 e. The van der Waals surface area contributed by atoms with Crippen LogP contribution in [0.15, 0.2) is 61.3 Å². The SMILES string of the molecule is Cc1cccc(Nc2nc3c(nn4ccncc34)c3cnccc23)c1. The van der Waals surface area contributed by atoms with Gasteiger partial charge in [0, 0.05) is 41.2 Å². The second-order valence-corrected chi connectivity index (χ2v) is 5.98. The van der Waals surface area contributed by atoms with Gasteiger partial charge in [0.05, 0.1) is 6.20 Å². The molecule has 0 aliphatic carbocycles. The number of fused-ring (bicyclic) bond motifs is 5. The number of hydrogen-bond donors (Lipinski definition) is 1. The number of hydrogen-bond acceptors (Lipinski definition) is 5. The molecule has 1 N–H and O–H groups in total. The summed E-state index contributed by atoms with van der Waals surface area (Å²) in [5.74, 6) is 0.786. The summed E-state index contributed by atoms with van der Waals surface area (Å²) in [6, 6.07) is 10.2. The normalized spacial score (nSPS) is 11.4. The number of nitrogens with one attached hydrogen (secondary N) is 1. The predicted octanol–water partition coefficient (Wildman–Crippen LogP) is 3.88. The van der Waals surface area contributed by atoms with E-state index in [0.29, 0.717) is 0 Å². The van der Waals surface area contributed by atoms with E-state index in [1.165, 1.54) is 5.56 Å². The van der Waals surface area contributed by atoms with Crippen molar-refractivity contribution in [3.63, 3.8) is 0 Å². The van der Waals surface area contributed by atoms with Gasteiger partial charge in [-0.1, -0.05) is 12.1 Å². The fourth-order valence-corrected chi connectivity index (χ4v) is 3.10. The van der Waals surface area contributed by atoms with Crippen molar-refractivity contribution in [2.24, 2.45) is 0 Å². The van der Waals surface area contributed by atoms with Gasteiger partial charge in [-0.25, -0.2) is 9.50 Å². The van der Waals surface area contributed by atoms with Gasteiger partial charge in [-0.3, -0.25) is 9.97 Å². The minimum absolute atomic E-state index is 0.786. The quantitative estimate of drug-likeness (QED) is 0.533. The van der Waals surface area contributed by atoms with Crippen molar-refractivity contribution in [2.45, 2.75) is 6.92 Å². The van der Waals surface area contributed by atoms with E-state index in [9.17, 15) is 0 Å². The maximum atomic E-state index is 4.85. The highest BCUT2D eigenvalue weighted by atomic mass is 15.2. The van der Waals surface area contributed by atoms with E-state index >= 15 is 0 Å². The molecule has 0 atom stereocenters. The van der Waals surface area contributed by atoms with Crippen LogP contribution in [0, 0.1) is 6.92 Å². The predicted molar refractivity (Wildman–Crippen MR) is 98.1 cm³/mol. The van der Waals surface area contributed by atoms with Gasteiger partial charge in [-0.15, -0.1) is 0 Å². The third kappa shape index (κ3) is 2.19. The maximum absolute atomic E-state index is 4.85. The molecule has 5 aromatic rings. The molecule has 4 heterocycles. The molecule has 5 rings (SSSR count). The molecule has 120 valence electrons. The van der Waals surface area contributed by atoms with Crippen LogP contribution in [0.4, 0.5) is 11.5 Å². The summed E-state index contributed by atoms with van der Waals surface area (Å²) in [6.45, 7) is 2.07. The highest BCUT2D eigenvalue weighted by Gasteiger charge is 2.14. The van der Waals surface area contributed by atoms with Gasteiger partial charge < -0.3 is 5.32 Å². The Kier molecular flexibility index (Phi) is 2.90. The molecule has 0 fully saturated rings. The third-order valence-electron chi connectivity index (χ3n) is 4.25. The Morgan fingerprint density at radius 2 is 1.88 bits per heavy atom. The number of benzene rings is 1. The molecular weight excluding hydrogens is 312 g/mol. The molecule has 4 aromatic heterocycles. The zero-order chi connectivity index (χ0) is 16.8. The Morgan fingerprint density at radius 1 is 0.960 bits per heavy atom. The summed E-state index contributed by atoms with van der Waals surface area (Å²) in [6.07, 6.45) is 8.92. The summed E-state index contributed by atoms with van der Waals surface area (Å²) in [5.41, 5.74) is 4.70. The van der Waals surface area contributed by atoms with Crippen molar-refractivity contribution in [3.05, 3.63) is 66.9 Å². The molecule has 0 spiro atoms. The van der Waals surface area contributed by atoms with E-state index in [1.807, 2.05) is 30.6 Å². The van der Waals surface area contributed by atoms with Crippen LogP contribution in [-0.4, -0.2) is 24.6 Å². The van der Waals surface area contributed by atoms with Crippen LogP contribution in [0.5, 0.6) is 0 Å². The number of nitrogens with zero attached hydrogens (tertiary/aromatic N) is 5. The molecule has 0 unspecified atom stereocenters. The van der Waals surface area contributed by atoms with Gasteiger partial charge in [0.1, 0.15) is 22.4 Å². The van der Waals surface area contributed by atoms with Gasteiger partial charge in [0.25, 0.3) is 0 Å². The third-order valence-corrected chi connectivity index (χ3v) is 4.25. The summed E-state index contributed by atoms with van der Waals surface area (Å²) < 4.78 is 1.80. The van der Waals surface area contributed by atoms with Gasteiger partial charge in [-0.05, 0) is 30.7 Å². The molecule has 0 bridgehead atoms. The Bertz CT molecular complexity index is 1240. The number of pyridine rings is 2. The average Bonchev–Trinajstić information content (AvgIpc) is 3.01. The van der Waals surface area contributed by atoms with Gasteiger partial charge in [0.15, 0.2) is 0 Å². The molecular formula is C19H14N6. The number of rotatable bonds is 2. The Morgan fingerprint density at radius 3 is 2.80 bits per heavy atom. The van der Waals surface area contributed by atoms with Gasteiger partial charge in [0.2, 0.25) is 0 Å². The van der Waals surface area contributed by atoms with Crippen LogP contribution in [0.3, 0.4) is 0 Å². The molecule has 6 heteroatoms. The number of anilines is 2. The van der Waals surface area contributed by atoms with Crippen LogP contribution in [0.2, 0.25) is 0 Å². The number of aromatic nitrogens is 5. The van der Waals surface area contributed by atoms with Crippen LogP contribution >= 0.6 is 0 Å². The van der Waals surface area contributed by atoms with E-state index in [2.05, 4.69) is 39.4 Å². The second kappa shape index (κ2) is 5.24. The summed E-state index contributed by atoms with van der Waals surface area (Å²) in [4.78, 5) is 13.3. The highest BCUT2D eigenvalue weighted by molar-refractivity contribution is 6.12. The Labute approximate surface area is 143 Å². The smallest absolute Gasteiger partial charge is 0.139 e. The van der Waals surface area contributed by atoms with Crippen molar-refractivity contribution in [3.8, 4) is 0 Å². The first-order valence-electron chi connectivity index (χ1n) is 7.99. The van der Waals surface area contributed by atoms with Crippen LogP contribution in [0.25, 0.3) is 27.3 Å². The lowest BCUT2D eigenvalue weighted by Crippen LogP contribution is -1.96. The van der Waals surface area contributed by atoms with Gasteiger partial charge in [-0.2, -0.15) is 5.10 Å². The fourth-order valence-electron chi connectivity index (χ4n) is 3.10. The summed E-state index contributed by atoms with van der Waals surface area (Å²) >= 11 is 0. The van der Waals surface area contributed by atoms with E-state index in [4.69, 9.17) is 4.98 Å². The highest BCUT2D eigenvalue weighted by Crippen LogP contribution is 2.31. The van der Waals surface area contributed by atoms with Crippen molar-refractivity contribution >= 4 is 38.8 Å². The Balaban J connectivity index is 1.83. The van der Waals surface area contributed by atoms with Crippen molar-refractivity contribution < 1.29 is 0 Å². The van der Waals surface area contributed by atoms with Gasteiger partial charge >= 0.3 is 0 Å². The lowest BCUT2D eigenvalue weighted by atomic mass is 10.1. The first kappa shape index (κ1) is 13.9. The molecule has 0 aliphatic heterocycles. The molecule has 0 saturated carbocycles. The molecule has 0 radical (unpaired) electrons. The molecule has 1 aromatic carbocycles. The lowest BCUT2D eigenvalue weighted by molar-refractivity contribution is 0.965. The molecule has 0 amide bonds. The molecule has 25 heavy (non-hydrogen) atoms. The summed E-state index contributed by atoms with van der Waals surface area (Å²) in [5, 5.41) is 10.0. The second-order valence-electron chi connectivity index (χ2n) is 5.98. The summed E-state index contributed by atoms with van der Waals surface area (Å²) in [7, 11) is 0. The molecule has 6 nitrogen and oxygen atoms in total. The first-order valence-corrected chi connectivity index (χ1v) is 7.99. The lowest BCUT2D eigenvalue weighted by Gasteiger charge is -2.10. The minimum atomic E-state index is 0.786. The average molecular weight is 326 g/mol. The molecule has 0 aliphatic rings. The molecule has 0 saturated heterocycles. The van der Waals surface area contributed by atoms with E-state index in [1.54, 1.807) is 23.1 Å². The van der Waals surface area contributed by atoms with E-state index in [-0.39, 0.29) is 0 Å². The monoisotopic (exact) mass is 326 g/mol. The van der Waals surface area contributed by atoms with Crippen LogP contribution < -0.4 is 5.32 Å². The number of aryl methyl sites for hydroxylation is 1. The zero-order valence-electron chi connectivity index (χ0n) is 13.5. The Hall–Kier alpha value is -3.54. The van der Waals surface area contributed by atoms with Crippen LogP contribution in [0.1, 0.15) is 5.56 Å². The van der Waals surface area contributed by atoms with Crippen LogP contribution in [-0.2, 0) is 0 Å². The van der Waals surface area contributed by atoms with Crippen molar-refractivity contribution in [1.29, 1.82) is 0 Å². The topological polar surface area (TPSA) is 68.0 Å². The first-order chi connectivity index (χ1) is 12.3. The van der Waals surface area contributed by atoms with Crippen molar-refractivity contribution in [2.75, 3.05) is 5.32 Å². The minimum Gasteiger partial charge on any atom is -0.340 e. The van der Waals surface area contributed by atoms with E-state index in [0.717, 1.165) is 38.8 Å². The van der Waals surface area contributed by atoms with Crippen molar-refractivity contribution in [1.82, 2.24) is 24.6 Å². The largest absolute Gasteiger partial charge is 0.340 e. The standard InChI is InChI=1S/C19H14N6/c1-12-3-2-4-13(9-12)22-19-14-5-6-20-10-15(14)17-18(23-19)16-11-21-7-8-25(16)24-17/h2-11H,1H3,(H,22,23). The zero-order valence-corrected chi connectivity index (χ0v) is 13.5.